The summed E-state index contributed by atoms with van der Waals surface area (Å²) in [5, 5.41) is 4.24. The lowest BCUT2D eigenvalue weighted by Gasteiger charge is -2.21. The van der Waals surface area contributed by atoms with Gasteiger partial charge < -0.3 is 15.0 Å². The van der Waals surface area contributed by atoms with Crippen molar-refractivity contribution in [3.05, 3.63) is 41.0 Å². The normalized spacial score (nSPS) is 11.1. The van der Waals surface area contributed by atoms with Gasteiger partial charge >= 0.3 is 5.97 Å². The van der Waals surface area contributed by atoms with Crippen molar-refractivity contribution in [2.24, 2.45) is 5.92 Å². The third kappa shape index (κ3) is 4.67. The molecule has 0 radical (unpaired) electrons. The molecule has 0 spiro atoms. The van der Waals surface area contributed by atoms with Gasteiger partial charge in [-0.15, -0.1) is 11.3 Å². The second-order valence-corrected chi connectivity index (χ2v) is 8.29. The van der Waals surface area contributed by atoms with Crippen molar-refractivity contribution in [3.8, 4) is 0 Å². The van der Waals surface area contributed by atoms with Gasteiger partial charge in [-0.05, 0) is 56.5 Å². The predicted molar refractivity (Wildman–Crippen MR) is 121 cm³/mol. The number of thiophene rings is 1. The summed E-state index contributed by atoms with van der Waals surface area (Å²) in [5.74, 6) is 0.695. The quantitative estimate of drug-likeness (QED) is 0.500. The number of aryl methyl sites for hydroxylation is 1. The first-order valence-corrected chi connectivity index (χ1v) is 10.8. The monoisotopic (exact) mass is 412 g/mol. The van der Waals surface area contributed by atoms with Gasteiger partial charge in [-0.3, -0.25) is 0 Å². The second-order valence-electron chi connectivity index (χ2n) is 7.30. The molecule has 0 saturated heterocycles. The Hall–Kier alpha value is -2.67. The van der Waals surface area contributed by atoms with Crippen LogP contribution in [-0.4, -0.2) is 35.6 Å². The van der Waals surface area contributed by atoms with E-state index >= 15 is 0 Å². The van der Waals surface area contributed by atoms with Crippen molar-refractivity contribution in [1.29, 1.82) is 0 Å². The zero-order valence-electron chi connectivity index (χ0n) is 17.7. The number of rotatable bonds is 8. The number of nitrogens with zero attached hydrogens (tertiary/aromatic N) is 3. The maximum atomic E-state index is 12.5. The molecule has 0 saturated carbocycles. The van der Waals surface area contributed by atoms with Crippen LogP contribution in [-0.2, 0) is 4.74 Å². The summed E-state index contributed by atoms with van der Waals surface area (Å²) in [6.07, 6.45) is 1.52. The SMILES string of the molecule is CCN(CC)c1ccc(Nc2ncnc3sc(C(=O)OCC(C)C)c(C)c23)cc1. The van der Waals surface area contributed by atoms with Crippen LogP contribution >= 0.6 is 11.3 Å². The number of hydrogen-bond acceptors (Lipinski definition) is 7. The fraction of sp³-hybridized carbons (Fsp3) is 0.409. The first-order chi connectivity index (χ1) is 13.9. The first kappa shape index (κ1) is 21.0. The Bertz CT molecular complexity index is 978. The van der Waals surface area contributed by atoms with E-state index in [4.69, 9.17) is 4.74 Å². The summed E-state index contributed by atoms with van der Waals surface area (Å²) < 4.78 is 5.41. The van der Waals surface area contributed by atoms with Gasteiger partial charge in [-0.2, -0.15) is 0 Å². The maximum Gasteiger partial charge on any atom is 0.348 e. The van der Waals surface area contributed by atoms with E-state index < -0.39 is 0 Å². The summed E-state index contributed by atoms with van der Waals surface area (Å²) in [5.41, 5.74) is 2.98. The van der Waals surface area contributed by atoms with Crippen LogP contribution < -0.4 is 10.2 Å². The number of nitrogens with one attached hydrogen (secondary N) is 1. The van der Waals surface area contributed by atoms with Crippen LogP contribution in [0, 0.1) is 12.8 Å². The number of aromatic nitrogens is 2. The largest absolute Gasteiger partial charge is 0.461 e. The molecule has 1 N–H and O–H groups in total. The minimum atomic E-state index is -0.297. The van der Waals surface area contributed by atoms with Gasteiger partial charge in [0.05, 0.1) is 12.0 Å². The van der Waals surface area contributed by atoms with E-state index in [1.165, 1.54) is 23.4 Å². The number of anilines is 3. The van der Waals surface area contributed by atoms with Crippen LogP contribution in [0.1, 0.15) is 42.9 Å². The Morgan fingerprint density at radius 1 is 1.17 bits per heavy atom. The van der Waals surface area contributed by atoms with Gasteiger partial charge in [-0.25, -0.2) is 14.8 Å². The number of ether oxygens (including phenoxy) is 1. The number of hydrogen-bond donors (Lipinski definition) is 1. The molecule has 154 valence electrons. The molecule has 2 heterocycles. The molecule has 6 nitrogen and oxygen atoms in total. The molecule has 3 aromatic rings. The number of fused-ring (bicyclic) bond motifs is 1. The smallest absolute Gasteiger partial charge is 0.348 e. The van der Waals surface area contributed by atoms with E-state index in [-0.39, 0.29) is 5.97 Å². The molecule has 0 fully saturated rings. The maximum absolute atomic E-state index is 12.5. The van der Waals surface area contributed by atoms with Crippen molar-refractivity contribution in [3.63, 3.8) is 0 Å². The highest BCUT2D eigenvalue weighted by atomic mass is 32.1. The average Bonchev–Trinajstić information content (AvgIpc) is 3.06. The van der Waals surface area contributed by atoms with Gasteiger partial charge in [0, 0.05) is 24.5 Å². The van der Waals surface area contributed by atoms with Gasteiger partial charge in [0.1, 0.15) is 21.9 Å². The fourth-order valence-corrected chi connectivity index (χ4v) is 4.19. The van der Waals surface area contributed by atoms with Crippen molar-refractivity contribution in [2.75, 3.05) is 29.9 Å². The third-order valence-corrected chi connectivity index (χ3v) is 5.90. The number of esters is 1. The Morgan fingerprint density at radius 2 is 1.86 bits per heavy atom. The lowest BCUT2D eigenvalue weighted by molar-refractivity contribution is 0.0464. The lowest BCUT2D eigenvalue weighted by Crippen LogP contribution is -2.21. The van der Waals surface area contributed by atoms with E-state index in [1.54, 1.807) is 0 Å². The summed E-state index contributed by atoms with van der Waals surface area (Å²) in [6.45, 7) is 12.6. The number of benzene rings is 1. The minimum absolute atomic E-state index is 0.296. The first-order valence-electron chi connectivity index (χ1n) is 9.97. The van der Waals surface area contributed by atoms with Gasteiger partial charge in [0.25, 0.3) is 0 Å². The molecule has 0 amide bonds. The van der Waals surface area contributed by atoms with E-state index in [1.807, 2.05) is 32.9 Å². The fourth-order valence-electron chi connectivity index (χ4n) is 3.15. The Morgan fingerprint density at radius 3 is 2.48 bits per heavy atom. The zero-order chi connectivity index (χ0) is 21.0. The predicted octanol–water partition coefficient (Wildman–Crippen LogP) is 5.40. The average molecular weight is 413 g/mol. The molecule has 3 rings (SSSR count). The third-order valence-electron chi connectivity index (χ3n) is 4.72. The highest BCUT2D eigenvalue weighted by molar-refractivity contribution is 7.20. The topological polar surface area (TPSA) is 67.3 Å². The van der Waals surface area contributed by atoms with Crippen LogP contribution in [0.3, 0.4) is 0 Å². The summed E-state index contributed by atoms with van der Waals surface area (Å²) in [4.78, 5) is 24.9. The van der Waals surface area contributed by atoms with Crippen LogP contribution in [0.25, 0.3) is 10.2 Å². The van der Waals surface area contributed by atoms with Gasteiger partial charge in [-0.1, -0.05) is 13.8 Å². The highest BCUT2D eigenvalue weighted by Gasteiger charge is 2.20. The van der Waals surface area contributed by atoms with Gasteiger partial charge in [0.15, 0.2) is 0 Å². The van der Waals surface area contributed by atoms with Crippen LogP contribution in [0.5, 0.6) is 0 Å². The van der Waals surface area contributed by atoms with E-state index in [2.05, 4.69) is 46.2 Å². The molecule has 0 bridgehead atoms. The van der Waals surface area contributed by atoms with E-state index in [0.717, 1.165) is 34.6 Å². The molecular formula is C22H28N4O2S. The van der Waals surface area contributed by atoms with Crippen molar-refractivity contribution < 1.29 is 9.53 Å². The molecule has 0 atom stereocenters. The molecule has 1 aromatic carbocycles. The van der Waals surface area contributed by atoms with Crippen LogP contribution in [0.2, 0.25) is 0 Å². The van der Waals surface area contributed by atoms with E-state index in [0.29, 0.717) is 23.2 Å². The van der Waals surface area contributed by atoms with Crippen molar-refractivity contribution in [2.45, 2.75) is 34.6 Å². The van der Waals surface area contributed by atoms with E-state index in [9.17, 15) is 4.79 Å². The van der Waals surface area contributed by atoms with Gasteiger partial charge in [0.2, 0.25) is 0 Å². The van der Waals surface area contributed by atoms with Crippen molar-refractivity contribution in [1.82, 2.24) is 9.97 Å². The molecule has 0 aliphatic heterocycles. The molecule has 0 aliphatic rings. The van der Waals surface area contributed by atoms with Crippen LogP contribution in [0.15, 0.2) is 30.6 Å². The summed E-state index contributed by atoms with van der Waals surface area (Å²) in [6, 6.07) is 8.29. The highest BCUT2D eigenvalue weighted by Crippen LogP contribution is 2.35. The van der Waals surface area contributed by atoms with Crippen LogP contribution in [0.4, 0.5) is 17.2 Å². The standard InChI is InChI=1S/C22H28N4O2S/c1-6-26(7-2)17-10-8-16(9-11-17)25-20-18-15(5)19(22(27)28-12-14(3)4)29-21(18)24-13-23-20/h8-11,13-14H,6-7,12H2,1-5H3,(H,23,24,25). The Labute approximate surface area is 175 Å². The molecule has 7 heteroatoms. The molecule has 29 heavy (non-hydrogen) atoms. The number of carbonyl (C=O) groups excluding carboxylic acids is 1. The Kier molecular flexibility index (Phi) is 6.69. The number of carbonyl (C=O) groups is 1. The molecule has 0 unspecified atom stereocenters. The Balaban J connectivity index is 1.87. The summed E-state index contributed by atoms with van der Waals surface area (Å²) >= 11 is 1.35. The van der Waals surface area contributed by atoms with Crippen molar-refractivity contribution >= 4 is 44.7 Å². The minimum Gasteiger partial charge on any atom is -0.461 e. The zero-order valence-corrected chi connectivity index (χ0v) is 18.5. The molecule has 2 aromatic heterocycles. The molecule has 0 aliphatic carbocycles. The summed E-state index contributed by atoms with van der Waals surface area (Å²) in [7, 11) is 0. The second kappa shape index (κ2) is 9.22. The lowest BCUT2D eigenvalue weighted by atomic mass is 10.2. The molecular weight excluding hydrogens is 384 g/mol.